The molecule has 0 heterocycles. The van der Waals surface area contributed by atoms with Gasteiger partial charge in [-0.25, -0.2) is 0 Å². The van der Waals surface area contributed by atoms with Gasteiger partial charge in [0.05, 0.1) is 7.11 Å². The van der Waals surface area contributed by atoms with Crippen LogP contribution in [0.3, 0.4) is 0 Å². The average molecular weight is 287 g/mol. The largest absolute Gasteiger partial charge is 0.493 e. The van der Waals surface area contributed by atoms with Crippen LogP contribution >= 0.6 is 15.9 Å². The monoisotopic (exact) mass is 286 g/mol. The molecule has 0 spiro atoms. The van der Waals surface area contributed by atoms with Crippen molar-refractivity contribution < 1.29 is 14.3 Å². The predicted molar refractivity (Wildman–Crippen MR) is 66.0 cm³/mol. The number of carbonyl (C=O) groups is 1. The number of esters is 1. The molecule has 3 nitrogen and oxygen atoms in total. The number of allylic oxidation sites excluding steroid dienone is 3. The maximum Gasteiger partial charge on any atom is 0.322 e. The van der Waals surface area contributed by atoms with Gasteiger partial charge in [-0.3, -0.25) is 4.79 Å². The van der Waals surface area contributed by atoms with E-state index in [1.165, 1.54) is 0 Å². The first-order valence-electron chi connectivity index (χ1n) is 5.05. The van der Waals surface area contributed by atoms with Crippen LogP contribution in [0.1, 0.15) is 12.8 Å². The van der Waals surface area contributed by atoms with Gasteiger partial charge < -0.3 is 9.47 Å². The molecule has 0 aliphatic heterocycles. The van der Waals surface area contributed by atoms with Gasteiger partial charge in [-0.15, -0.1) is 6.58 Å². The number of carbonyl (C=O) groups excluding carboxylic acids is 1. The molecule has 1 aliphatic rings. The summed E-state index contributed by atoms with van der Waals surface area (Å²) in [6, 6.07) is 0. The van der Waals surface area contributed by atoms with Crippen molar-refractivity contribution in [3.05, 3.63) is 36.3 Å². The molecule has 4 heteroatoms. The minimum absolute atomic E-state index is 0.178. The van der Waals surface area contributed by atoms with E-state index in [1.807, 2.05) is 18.2 Å². The van der Waals surface area contributed by atoms with E-state index in [0.29, 0.717) is 17.4 Å². The maximum atomic E-state index is 11.1. The summed E-state index contributed by atoms with van der Waals surface area (Å²) < 4.78 is 10.3. The third-order valence-corrected chi connectivity index (χ3v) is 2.72. The fraction of sp³-hybridized carbons (Fsp3) is 0.417. The van der Waals surface area contributed by atoms with Gasteiger partial charge in [-0.05, 0) is 30.9 Å². The van der Waals surface area contributed by atoms with Crippen LogP contribution in [0.25, 0.3) is 0 Å². The Morgan fingerprint density at radius 3 is 3.00 bits per heavy atom. The van der Waals surface area contributed by atoms with Crippen LogP contribution in [0.5, 0.6) is 0 Å². The topological polar surface area (TPSA) is 35.5 Å². The van der Waals surface area contributed by atoms with Gasteiger partial charge in [0, 0.05) is 0 Å². The van der Waals surface area contributed by atoms with Crippen LogP contribution in [-0.4, -0.2) is 18.4 Å². The Balaban J connectivity index is 2.70. The molecule has 0 saturated heterocycles. The highest BCUT2D eigenvalue weighted by Gasteiger charge is 2.18. The molecular weight excluding hydrogens is 272 g/mol. The van der Waals surface area contributed by atoms with E-state index in [9.17, 15) is 4.79 Å². The molecule has 1 unspecified atom stereocenters. The van der Waals surface area contributed by atoms with Crippen LogP contribution in [0.2, 0.25) is 0 Å². The Bertz CT molecular complexity index is 331. The molecule has 0 amide bonds. The second kappa shape index (κ2) is 6.53. The molecule has 88 valence electrons. The quantitative estimate of drug-likeness (QED) is 0.443. The van der Waals surface area contributed by atoms with Gasteiger partial charge in [0.15, 0.2) is 11.5 Å². The van der Waals surface area contributed by atoms with Crippen molar-refractivity contribution in [2.75, 3.05) is 12.4 Å². The molecule has 16 heavy (non-hydrogen) atoms. The van der Waals surface area contributed by atoms with Crippen molar-refractivity contribution in [1.82, 2.24) is 0 Å². The lowest BCUT2D eigenvalue weighted by Gasteiger charge is -2.19. The summed E-state index contributed by atoms with van der Waals surface area (Å²) in [5.74, 6) is 1.18. The predicted octanol–water partition coefficient (Wildman–Crippen LogP) is 2.93. The van der Waals surface area contributed by atoms with Crippen LogP contribution < -0.4 is 0 Å². The molecule has 0 radical (unpaired) electrons. The Morgan fingerprint density at radius 2 is 2.44 bits per heavy atom. The number of hydrogen-bond donors (Lipinski definition) is 0. The van der Waals surface area contributed by atoms with Crippen molar-refractivity contribution >= 4 is 21.9 Å². The van der Waals surface area contributed by atoms with Crippen molar-refractivity contribution in [1.29, 1.82) is 0 Å². The van der Waals surface area contributed by atoms with Crippen LogP contribution in [0.15, 0.2) is 36.3 Å². The fourth-order valence-electron chi connectivity index (χ4n) is 1.51. The molecule has 0 saturated carbocycles. The maximum absolute atomic E-state index is 11.1. The summed E-state index contributed by atoms with van der Waals surface area (Å²) >= 11 is 3.04. The van der Waals surface area contributed by atoms with Gasteiger partial charge in [0.2, 0.25) is 0 Å². The van der Waals surface area contributed by atoms with E-state index in [4.69, 9.17) is 9.47 Å². The molecule has 0 aromatic carbocycles. The van der Waals surface area contributed by atoms with Gasteiger partial charge >= 0.3 is 5.97 Å². The molecule has 1 atom stereocenters. The number of rotatable bonds is 5. The smallest absolute Gasteiger partial charge is 0.322 e. The molecule has 1 aliphatic carbocycles. The van der Waals surface area contributed by atoms with Gasteiger partial charge in [-0.2, -0.15) is 0 Å². The minimum Gasteiger partial charge on any atom is -0.493 e. The SMILES string of the molecule is C=CCC1C=C(OC)C(OC(=O)CBr)=CC1. The lowest BCUT2D eigenvalue weighted by atomic mass is 9.96. The highest BCUT2D eigenvalue weighted by atomic mass is 79.9. The van der Waals surface area contributed by atoms with E-state index in [0.717, 1.165) is 12.8 Å². The first-order valence-corrected chi connectivity index (χ1v) is 6.17. The lowest BCUT2D eigenvalue weighted by Crippen LogP contribution is -2.12. The zero-order chi connectivity index (χ0) is 12.0. The highest BCUT2D eigenvalue weighted by molar-refractivity contribution is 9.09. The molecule has 0 bridgehead atoms. The normalized spacial score (nSPS) is 19.5. The van der Waals surface area contributed by atoms with E-state index < -0.39 is 0 Å². The van der Waals surface area contributed by atoms with E-state index >= 15 is 0 Å². The Kier molecular flexibility index (Phi) is 5.32. The van der Waals surface area contributed by atoms with Crippen LogP contribution in [0, 0.1) is 5.92 Å². The van der Waals surface area contributed by atoms with Crippen molar-refractivity contribution in [3.63, 3.8) is 0 Å². The summed E-state index contributed by atoms with van der Waals surface area (Å²) in [4.78, 5) is 11.1. The Morgan fingerprint density at radius 1 is 1.69 bits per heavy atom. The fourth-order valence-corrected chi connectivity index (χ4v) is 1.63. The van der Waals surface area contributed by atoms with Gasteiger partial charge in [0.25, 0.3) is 0 Å². The first kappa shape index (κ1) is 13.0. The van der Waals surface area contributed by atoms with E-state index in [1.54, 1.807) is 7.11 Å². The average Bonchev–Trinajstić information content (AvgIpc) is 2.31. The summed E-state index contributed by atoms with van der Waals surface area (Å²) in [7, 11) is 1.57. The zero-order valence-electron chi connectivity index (χ0n) is 9.24. The van der Waals surface area contributed by atoms with Crippen LogP contribution in [-0.2, 0) is 14.3 Å². The second-order valence-electron chi connectivity index (χ2n) is 3.43. The molecule has 0 aromatic heterocycles. The summed E-state index contributed by atoms with van der Waals surface area (Å²) in [6.07, 6.45) is 7.46. The van der Waals surface area contributed by atoms with Crippen molar-refractivity contribution in [2.24, 2.45) is 5.92 Å². The Labute approximate surface area is 104 Å². The summed E-state index contributed by atoms with van der Waals surface area (Å²) in [6.45, 7) is 3.70. The highest BCUT2D eigenvalue weighted by Crippen LogP contribution is 2.26. The number of alkyl halides is 1. The molecule has 0 aromatic rings. The van der Waals surface area contributed by atoms with E-state index in [2.05, 4.69) is 22.5 Å². The lowest BCUT2D eigenvalue weighted by molar-refractivity contribution is -0.136. The molecule has 1 rings (SSSR count). The summed E-state index contributed by atoms with van der Waals surface area (Å²) in [5, 5.41) is 0.178. The number of hydrogen-bond acceptors (Lipinski definition) is 3. The van der Waals surface area contributed by atoms with Gasteiger partial charge in [-0.1, -0.05) is 22.0 Å². The summed E-state index contributed by atoms with van der Waals surface area (Å²) in [5.41, 5.74) is 0. The van der Waals surface area contributed by atoms with Crippen molar-refractivity contribution in [3.8, 4) is 0 Å². The standard InChI is InChI=1S/C12H15BrO3/c1-3-4-9-5-6-10(11(7-9)15-2)16-12(14)8-13/h3,6-7,9H,1,4-5,8H2,2H3. The molecule has 0 N–H and O–H groups in total. The Hall–Kier alpha value is -1.03. The molecular formula is C12H15BrO3. The number of ether oxygens (including phenoxy) is 2. The number of methoxy groups -OCH3 is 1. The minimum atomic E-state index is -0.323. The van der Waals surface area contributed by atoms with Crippen LogP contribution in [0.4, 0.5) is 0 Å². The molecule has 0 fully saturated rings. The number of halogens is 1. The zero-order valence-corrected chi connectivity index (χ0v) is 10.8. The third-order valence-electron chi connectivity index (χ3n) is 2.26. The third kappa shape index (κ3) is 3.52. The second-order valence-corrected chi connectivity index (χ2v) is 3.99. The van der Waals surface area contributed by atoms with E-state index in [-0.39, 0.29) is 11.3 Å². The van der Waals surface area contributed by atoms with Gasteiger partial charge in [0.1, 0.15) is 5.33 Å². The first-order chi connectivity index (χ1) is 7.71. The van der Waals surface area contributed by atoms with Crippen molar-refractivity contribution in [2.45, 2.75) is 12.8 Å².